The molecule has 3 nitrogen and oxygen atoms in total. The van der Waals surface area contributed by atoms with Crippen LogP contribution in [0.4, 0.5) is 5.69 Å². The second-order valence-electron chi connectivity index (χ2n) is 5.56. The minimum atomic E-state index is 0.0696. The van der Waals surface area contributed by atoms with Crippen LogP contribution in [0.5, 0.6) is 0 Å². The van der Waals surface area contributed by atoms with E-state index >= 15 is 0 Å². The minimum absolute atomic E-state index is 0.0696. The molecule has 1 aliphatic rings. The van der Waals surface area contributed by atoms with E-state index in [0.29, 0.717) is 6.04 Å². The van der Waals surface area contributed by atoms with Gasteiger partial charge in [-0.3, -0.25) is 4.98 Å². The summed E-state index contributed by atoms with van der Waals surface area (Å²) in [6.07, 6.45) is 9.50. The number of pyridine rings is 1. The molecule has 0 aliphatic carbocycles. The van der Waals surface area contributed by atoms with Crippen LogP contribution in [-0.2, 0) is 0 Å². The van der Waals surface area contributed by atoms with Crippen LogP contribution in [0, 0.1) is 0 Å². The van der Waals surface area contributed by atoms with Crippen LogP contribution in [0.15, 0.2) is 18.3 Å². The van der Waals surface area contributed by atoms with Crippen LogP contribution in [0.3, 0.4) is 0 Å². The molecule has 1 unspecified atom stereocenters. The second kappa shape index (κ2) is 6.90. The average molecular weight is 261 g/mol. The van der Waals surface area contributed by atoms with Gasteiger partial charge in [0.2, 0.25) is 0 Å². The summed E-state index contributed by atoms with van der Waals surface area (Å²) in [5.41, 5.74) is 8.30. The number of hydrogen-bond acceptors (Lipinski definition) is 3. The molecule has 0 radical (unpaired) electrons. The van der Waals surface area contributed by atoms with Gasteiger partial charge < -0.3 is 10.6 Å². The molecule has 0 saturated carbocycles. The van der Waals surface area contributed by atoms with Gasteiger partial charge in [0.15, 0.2) is 0 Å². The Morgan fingerprint density at radius 3 is 2.79 bits per heavy atom. The summed E-state index contributed by atoms with van der Waals surface area (Å²) in [6.45, 7) is 5.55. The predicted octanol–water partition coefficient (Wildman–Crippen LogP) is 3.65. The Labute approximate surface area is 117 Å². The maximum Gasteiger partial charge on any atom is 0.0572 e. The summed E-state index contributed by atoms with van der Waals surface area (Å²) >= 11 is 0. The van der Waals surface area contributed by atoms with E-state index in [2.05, 4.69) is 35.9 Å². The molecule has 2 heterocycles. The van der Waals surface area contributed by atoms with Crippen molar-refractivity contribution in [1.82, 2.24) is 4.98 Å². The first-order chi connectivity index (χ1) is 9.26. The van der Waals surface area contributed by atoms with E-state index in [9.17, 15) is 0 Å². The van der Waals surface area contributed by atoms with Gasteiger partial charge in [-0.1, -0.05) is 26.7 Å². The molecule has 1 aliphatic heterocycles. The van der Waals surface area contributed by atoms with E-state index in [-0.39, 0.29) is 6.04 Å². The minimum Gasteiger partial charge on any atom is -0.367 e. The van der Waals surface area contributed by atoms with Gasteiger partial charge in [-0.25, -0.2) is 0 Å². The first kappa shape index (κ1) is 14.3. The molecular weight excluding hydrogens is 234 g/mol. The lowest BCUT2D eigenvalue weighted by Gasteiger charge is -2.31. The highest BCUT2D eigenvalue weighted by molar-refractivity contribution is 5.46. The molecule has 0 spiro atoms. The molecule has 1 fully saturated rings. The third kappa shape index (κ3) is 3.47. The standard InChI is InChI=1S/C16H27N3/c1-3-13-8-6-5-7-11-19(13)14-9-10-16(18-12-14)15(17)4-2/h9-10,12-13,15H,3-8,11,17H2,1-2H3/t13?,15-/m0/s1. The molecule has 19 heavy (non-hydrogen) atoms. The lowest BCUT2D eigenvalue weighted by Crippen LogP contribution is -2.34. The Kier molecular flexibility index (Phi) is 5.20. The third-order valence-electron chi connectivity index (χ3n) is 4.27. The van der Waals surface area contributed by atoms with Crippen LogP contribution < -0.4 is 10.6 Å². The average Bonchev–Trinajstić information content (AvgIpc) is 2.71. The topological polar surface area (TPSA) is 42.1 Å². The number of nitrogens with two attached hydrogens (primary N) is 1. The monoisotopic (exact) mass is 261 g/mol. The Morgan fingerprint density at radius 1 is 1.32 bits per heavy atom. The first-order valence-electron chi connectivity index (χ1n) is 7.74. The van der Waals surface area contributed by atoms with E-state index in [1.807, 2.05) is 6.20 Å². The summed E-state index contributed by atoms with van der Waals surface area (Å²) in [7, 11) is 0. The molecule has 1 aromatic rings. The number of aromatic nitrogens is 1. The van der Waals surface area contributed by atoms with Crippen molar-refractivity contribution in [3.8, 4) is 0 Å². The molecular formula is C16H27N3. The van der Waals surface area contributed by atoms with Gasteiger partial charge in [0.1, 0.15) is 0 Å². The smallest absolute Gasteiger partial charge is 0.0572 e. The largest absolute Gasteiger partial charge is 0.367 e. The zero-order chi connectivity index (χ0) is 13.7. The van der Waals surface area contributed by atoms with E-state index in [1.54, 1.807) is 0 Å². The molecule has 2 N–H and O–H groups in total. The van der Waals surface area contributed by atoms with Gasteiger partial charge in [0.05, 0.1) is 17.6 Å². The number of anilines is 1. The predicted molar refractivity (Wildman–Crippen MR) is 81.3 cm³/mol. The van der Waals surface area contributed by atoms with Crippen molar-refractivity contribution in [2.75, 3.05) is 11.4 Å². The van der Waals surface area contributed by atoms with Crippen LogP contribution in [-0.4, -0.2) is 17.6 Å². The van der Waals surface area contributed by atoms with E-state index in [1.165, 1.54) is 44.3 Å². The number of nitrogens with zero attached hydrogens (tertiary/aromatic N) is 2. The number of rotatable bonds is 4. The molecule has 1 saturated heterocycles. The first-order valence-corrected chi connectivity index (χ1v) is 7.74. The molecule has 2 rings (SSSR count). The molecule has 0 amide bonds. The zero-order valence-corrected chi connectivity index (χ0v) is 12.3. The van der Waals surface area contributed by atoms with Crippen molar-refractivity contribution in [3.63, 3.8) is 0 Å². The van der Waals surface area contributed by atoms with Crippen LogP contribution in [0.1, 0.15) is 64.1 Å². The van der Waals surface area contributed by atoms with Crippen molar-refractivity contribution in [1.29, 1.82) is 0 Å². The van der Waals surface area contributed by atoms with Gasteiger partial charge in [0.25, 0.3) is 0 Å². The lowest BCUT2D eigenvalue weighted by molar-refractivity contribution is 0.555. The highest BCUT2D eigenvalue weighted by atomic mass is 15.2. The van der Waals surface area contributed by atoms with Crippen LogP contribution in [0.25, 0.3) is 0 Å². The van der Waals surface area contributed by atoms with Gasteiger partial charge in [-0.15, -0.1) is 0 Å². The SMILES string of the molecule is CCC1CCCCCN1c1ccc([C@@H](N)CC)nc1. The molecule has 1 aromatic heterocycles. The highest BCUT2D eigenvalue weighted by Gasteiger charge is 2.20. The molecule has 0 aromatic carbocycles. The normalized spacial score (nSPS) is 22.1. The van der Waals surface area contributed by atoms with Crippen molar-refractivity contribution in [3.05, 3.63) is 24.0 Å². The number of hydrogen-bond donors (Lipinski definition) is 1. The summed E-state index contributed by atoms with van der Waals surface area (Å²) in [5.74, 6) is 0. The Hall–Kier alpha value is -1.09. The second-order valence-corrected chi connectivity index (χ2v) is 5.56. The fourth-order valence-electron chi connectivity index (χ4n) is 2.94. The van der Waals surface area contributed by atoms with Crippen LogP contribution >= 0.6 is 0 Å². The van der Waals surface area contributed by atoms with Crippen molar-refractivity contribution in [2.45, 2.75) is 64.5 Å². The van der Waals surface area contributed by atoms with Gasteiger partial charge >= 0.3 is 0 Å². The summed E-state index contributed by atoms with van der Waals surface area (Å²) < 4.78 is 0. The van der Waals surface area contributed by atoms with E-state index in [0.717, 1.165) is 12.1 Å². The van der Waals surface area contributed by atoms with Gasteiger partial charge in [-0.05, 0) is 37.8 Å². The summed E-state index contributed by atoms with van der Waals surface area (Å²) in [6, 6.07) is 5.04. The van der Waals surface area contributed by atoms with E-state index < -0.39 is 0 Å². The fraction of sp³-hybridized carbons (Fsp3) is 0.688. The van der Waals surface area contributed by atoms with Crippen molar-refractivity contribution < 1.29 is 0 Å². The Morgan fingerprint density at radius 2 is 2.16 bits per heavy atom. The third-order valence-corrected chi connectivity index (χ3v) is 4.27. The molecule has 2 atom stereocenters. The maximum atomic E-state index is 6.03. The fourth-order valence-corrected chi connectivity index (χ4v) is 2.94. The molecule has 106 valence electrons. The lowest BCUT2D eigenvalue weighted by atomic mass is 10.1. The molecule has 3 heteroatoms. The van der Waals surface area contributed by atoms with Gasteiger partial charge in [0, 0.05) is 18.6 Å². The van der Waals surface area contributed by atoms with Crippen LogP contribution in [0.2, 0.25) is 0 Å². The van der Waals surface area contributed by atoms with E-state index in [4.69, 9.17) is 5.73 Å². The summed E-state index contributed by atoms with van der Waals surface area (Å²) in [5, 5.41) is 0. The van der Waals surface area contributed by atoms with Crippen molar-refractivity contribution >= 4 is 5.69 Å². The summed E-state index contributed by atoms with van der Waals surface area (Å²) in [4.78, 5) is 7.10. The maximum absolute atomic E-state index is 6.03. The van der Waals surface area contributed by atoms with Crippen molar-refractivity contribution in [2.24, 2.45) is 5.73 Å². The molecule has 0 bridgehead atoms. The zero-order valence-electron chi connectivity index (χ0n) is 12.3. The highest BCUT2D eigenvalue weighted by Crippen LogP contribution is 2.26. The van der Waals surface area contributed by atoms with Gasteiger partial charge in [-0.2, -0.15) is 0 Å². The quantitative estimate of drug-likeness (QED) is 0.899. The Balaban J connectivity index is 2.14. The Bertz CT molecular complexity index is 374.